The number of rotatable bonds is 2. The molecule has 2 nitrogen and oxygen atoms in total. The number of benzene rings is 1. The molecular weight excluding hydrogens is 263 g/mol. The zero-order valence-electron chi connectivity index (χ0n) is 12.1. The highest BCUT2D eigenvalue weighted by atomic mass is 35.5. The van der Waals surface area contributed by atoms with Crippen molar-refractivity contribution in [2.75, 3.05) is 0 Å². The third-order valence-electron chi connectivity index (χ3n) is 3.80. The van der Waals surface area contributed by atoms with Gasteiger partial charge in [-0.05, 0) is 30.9 Å². The zero-order valence-corrected chi connectivity index (χ0v) is 12.8. The predicted octanol–water partition coefficient (Wildman–Crippen LogP) is 4.83. The van der Waals surface area contributed by atoms with Crippen molar-refractivity contribution in [3.8, 4) is 0 Å². The first-order valence-electron chi connectivity index (χ1n) is 6.48. The summed E-state index contributed by atoms with van der Waals surface area (Å²) in [6.07, 6.45) is 0. The van der Waals surface area contributed by atoms with Crippen molar-refractivity contribution in [1.29, 1.82) is 0 Å². The molecule has 0 aliphatic carbocycles. The molecule has 0 bridgehead atoms. The SMILES string of the molecule is Cc1cc2c(cc1F)nc(CCl)n2C(C)C(C)(C)C. The molecule has 104 valence electrons. The van der Waals surface area contributed by atoms with E-state index in [1.54, 1.807) is 6.92 Å². The summed E-state index contributed by atoms with van der Waals surface area (Å²) in [5, 5.41) is 0. The van der Waals surface area contributed by atoms with Crippen LogP contribution in [0.5, 0.6) is 0 Å². The molecule has 0 N–H and O–H groups in total. The first kappa shape index (κ1) is 14.3. The van der Waals surface area contributed by atoms with E-state index >= 15 is 0 Å². The molecule has 0 saturated carbocycles. The van der Waals surface area contributed by atoms with Gasteiger partial charge in [0.25, 0.3) is 0 Å². The van der Waals surface area contributed by atoms with E-state index in [4.69, 9.17) is 11.6 Å². The Balaban J connectivity index is 2.74. The van der Waals surface area contributed by atoms with Crippen LogP contribution < -0.4 is 0 Å². The number of alkyl halides is 1. The van der Waals surface area contributed by atoms with Crippen molar-refractivity contribution < 1.29 is 4.39 Å². The van der Waals surface area contributed by atoms with E-state index in [1.807, 2.05) is 6.07 Å². The summed E-state index contributed by atoms with van der Waals surface area (Å²) in [6, 6.07) is 3.58. The highest BCUT2D eigenvalue weighted by Crippen LogP contribution is 2.34. The minimum Gasteiger partial charge on any atom is -0.324 e. The van der Waals surface area contributed by atoms with Crippen molar-refractivity contribution >= 4 is 22.6 Å². The highest BCUT2D eigenvalue weighted by Gasteiger charge is 2.26. The topological polar surface area (TPSA) is 17.8 Å². The van der Waals surface area contributed by atoms with Crippen molar-refractivity contribution in [2.45, 2.75) is 46.5 Å². The predicted molar refractivity (Wildman–Crippen MR) is 78.2 cm³/mol. The fourth-order valence-electron chi connectivity index (χ4n) is 2.18. The second-order valence-electron chi connectivity index (χ2n) is 6.16. The Morgan fingerprint density at radius 2 is 2.00 bits per heavy atom. The van der Waals surface area contributed by atoms with Crippen LogP contribution in [0, 0.1) is 18.2 Å². The summed E-state index contributed by atoms with van der Waals surface area (Å²) >= 11 is 6.00. The van der Waals surface area contributed by atoms with Crippen LogP contribution in [0.1, 0.15) is 45.1 Å². The van der Waals surface area contributed by atoms with Gasteiger partial charge in [0.2, 0.25) is 0 Å². The number of aromatic nitrogens is 2. The lowest BCUT2D eigenvalue weighted by molar-refractivity contribution is 0.264. The van der Waals surface area contributed by atoms with Gasteiger partial charge in [0.05, 0.1) is 16.9 Å². The number of aryl methyl sites for hydroxylation is 1. The van der Waals surface area contributed by atoms with E-state index in [-0.39, 0.29) is 17.3 Å². The van der Waals surface area contributed by atoms with Gasteiger partial charge in [-0.1, -0.05) is 20.8 Å². The summed E-state index contributed by atoms with van der Waals surface area (Å²) < 4.78 is 15.8. The zero-order chi connectivity index (χ0) is 14.4. The van der Waals surface area contributed by atoms with E-state index < -0.39 is 0 Å². The maximum absolute atomic E-state index is 13.6. The van der Waals surface area contributed by atoms with Crippen LogP contribution in [-0.4, -0.2) is 9.55 Å². The van der Waals surface area contributed by atoms with Crippen molar-refractivity contribution in [1.82, 2.24) is 9.55 Å². The number of halogens is 2. The van der Waals surface area contributed by atoms with Crippen LogP contribution in [0.25, 0.3) is 11.0 Å². The Morgan fingerprint density at radius 3 is 2.53 bits per heavy atom. The van der Waals surface area contributed by atoms with Crippen LogP contribution in [-0.2, 0) is 5.88 Å². The van der Waals surface area contributed by atoms with Gasteiger partial charge in [0.15, 0.2) is 0 Å². The molecule has 0 fully saturated rings. The van der Waals surface area contributed by atoms with Crippen LogP contribution in [0.3, 0.4) is 0 Å². The van der Waals surface area contributed by atoms with E-state index in [2.05, 4.69) is 37.2 Å². The molecule has 1 aromatic carbocycles. The van der Waals surface area contributed by atoms with Gasteiger partial charge in [-0.3, -0.25) is 0 Å². The molecule has 0 radical (unpaired) electrons. The first-order chi connectivity index (χ1) is 8.75. The second kappa shape index (κ2) is 4.78. The summed E-state index contributed by atoms with van der Waals surface area (Å²) in [7, 11) is 0. The smallest absolute Gasteiger partial charge is 0.128 e. The standard InChI is InChI=1S/C15H20ClFN2/c1-9-6-13-12(7-11(9)17)18-14(8-16)19(13)10(2)15(3,4)5/h6-7,10H,8H2,1-5H3. The van der Waals surface area contributed by atoms with E-state index in [9.17, 15) is 4.39 Å². The molecular formula is C15H20ClFN2. The average molecular weight is 283 g/mol. The number of nitrogens with zero attached hydrogens (tertiary/aromatic N) is 2. The third-order valence-corrected chi connectivity index (χ3v) is 4.04. The fraction of sp³-hybridized carbons (Fsp3) is 0.533. The van der Waals surface area contributed by atoms with Gasteiger partial charge < -0.3 is 4.57 Å². The molecule has 0 amide bonds. The van der Waals surface area contributed by atoms with E-state index in [1.165, 1.54) is 6.07 Å². The Morgan fingerprint density at radius 1 is 1.37 bits per heavy atom. The number of fused-ring (bicyclic) bond motifs is 1. The Hall–Kier alpha value is -1.09. The summed E-state index contributed by atoms with van der Waals surface area (Å²) in [5.41, 5.74) is 2.35. The molecule has 0 aliphatic heterocycles. The molecule has 0 saturated heterocycles. The normalized spacial score (nSPS) is 14.1. The molecule has 0 aliphatic rings. The molecule has 1 heterocycles. The lowest BCUT2D eigenvalue weighted by Gasteiger charge is -2.30. The Labute approximate surface area is 118 Å². The number of imidazole rings is 1. The molecule has 0 spiro atoms. The number of hydrogen-bond acceptors (Lipinski definition) is 1. The molecule has 2 aromatic rings. The summed E-state index contributed by atoms with van der Waals surface area (Å²) in [5.74, 6) is 0.904. The average Bonchev–Trinajstić information content (AvgIpc) is 2.65. The lowest BCUT2D eigenvalue weighted by atomic mass is 9.87. The van der Waals surface area contributed by atoms with Crippen LogP contribution >= 0.6 is 11.6 Å². The van der Waals surface area contributed by atoms with Gasteiger partial charge in [0.1, 0.15) is 11.6 Å². The maximum Gasteiger partial charge on any atom is 0.128 e. The molecule has 1 atom stereocenters. The molecule has 4 heteroatoms. The van der Waals surface area contributed by atoms with Crippen molar-refractivity contribution in [3.63, 3.8) is 0 Å². The van der Waals surface area contributed by atoms with E-state index in [0.29, 0.717) is 17.0 Å². The first-order valence-corrected chi connectivity index (χ1v) is 7.02. The van der Waals surface area contributed by atoms with Gasteiger partial charge in [0, 0.05) is 12.1 Å². The molecule has 1 aromatic heterocycles. The maximum atomic E-state index is 13.6. The number of hydrogen-bond donors (Lipinski definition) is 0. The second-order valence-corrected chi connectivity index (χ2v) is 6.43. The minimum absolute atomic E-state index is 0.0801. The van der Waals surface area contributed by atoms with Gasteiger partial charge in [-0.2, -0.15) is 0 Å². The summed E-state index contributed by atoms with van der Waals surface area (Å²) in [6.45, 7) is 10.5. The Kier molecular flexibility index (Phi) is 3.61. The molecule has 19 heavy (non-hydrogen) atoms. The third kappa shape index (κ3) is 2.48. The van der Waals surface area contributed by atoms with Crippen LogP contribution in [0.2, 0.25) is 0 Å². The summed E-state index contributed by atoms with van der Waals surface area (Å²) in [4.78, 5) is 4.46. The van der Waals surface area contributed by atoms with Gasteiger partial charge >= 0.3 is 0 Å². The lowest BCUT2D eigenvalue weighted by Crippen LogP contribution is -2.23. The van der Waals surface area contributed by atoms with E-state index in [0.717, 1.165) is 11.3 Å². The fourth-order valence-corrected chi connectivity index (χ4v) is 2.37. The monoisotopic (exact) mass is 282 g/mol. The van der Waals surface area contributed by atoms with Crippen molar-refractivity contribution in [3.05, 3.63) is 29.3 Å². The van der Waals surface area contributed by atoms with Crippen LogP contribution in [0.4, 0.5) is 4.39 Å². The molecule has 2 rings (SSSR count). The van der Waals surface area contributed by atoms with Gasteiger partial charge in [-0.15, -0.1) is 11.6 Å². The van der Waals surface area contributed by atoms with Gasteiger partial charge in [-0.25, -0.2) is 9.37 Å². The van der Waals surface area contributed by atoms with Crippen LogP contribution in [0.15, 0.2) is 12.1 Å². The molecule has 1 unspecified atom stereocenters. The highest BCUT2D eigenvalue weighted by molar-refractivity contribution is 6.16. The van der Waals surface area contributed by atoms with Crippen molar-refractivity contribution in [2.24, 2.45) is 5.41 Å². The Bertz CT molecular complexity index is 611. The largest absolute Gasteiger partial charge is 0.324 e. The quantitative estimate of drug-likeness (QED) is 0.722. The minimum atomic E-state index is -0.221.